The quantitative estimate of drug-likeness (QED) is 0.494. The third kappa shape index (κ3) is 6.31. The van der Waals surface area contributed by atoms with Gasteiger partial charge in [0.2, 0.25) is 5.91 Å². The zero-order valence-corrected chi connectivity index (χ0v) is 13.7. The van der Waals surface area contributed by atoms with Crippen LogP contribution in [0.3, 0.4) is 0 Å². The lowest BCUT2D eigenvalue weighted by atomic mass is 10.1. The van der Waals surface area contributed by atoms with Crippen molar-refractivity contribution >= 4 is 11.6 Å². The molecular weight excluding hydrogens is 322 g/mol. The van der Waals surface area contributed by atoms with Crippen LogP contribution in [-0.4, -0.2) is 29.0 Å². The lowest BCUT2D eigenvalue weighted by Gasteiger charge is -2.02. The minimum Gasteiger partial charge on any atom is -0.479 e. The zero-order chi connectivity index (χ0) is 18.1. The maximum absolute atomic E-state index is 11.8. The number of carbonyl (C=O) groups excluding carboxylic acids is 1. The zero-order valence-electron chi connectivity index (χ0n) is 13.7. The molecule has 0 unspecified atom stereocenters. The molecule has 0 aliphatic carbocycles. The first-order chi connectivity index (χ1) is 12.0. The van der Waals surface area contributed by atoms with Crippen LogP contribution in [0.4, 0.5) is 5.69 Å². The molecule has 0 bridgehead atoms. The van der Waals surface area contributed by atoms with Crippen molar-refractivity contribution in [1.29, 1.82) is 0 Å². The van der Waals surface area contributed by atoms with Crippen LogP contribution in [0.25, 0.3) is 0 Å². The number of rotatable bonds is 6. The van der Waals surface area contributed by atoms with Crippen molar-refractivity contribution in [1.82, 2.24) is 10.3 Å². The molecule has 7 nitrogen and oxygen atoms in total. The molecule has 7 heteroatoms. The monoisotopic (exact) mass is 339 g/mol. The van der Waals surface area contributed by atoms with Crippen LogP contribution < -0.4 is 10.1 Å². The van der Waals surface area contributed by atoms with E-state index in [0.29, 0.717) is 11.3 Å². The second-order valence-corrected chi connectivity index (χ2v) is 5.15. The standard InChI is InChI=1S/C18H17N3O4/c1-14-4-9-17(13-20-14)25-11-3-2-10-19-18(22)12-15-5-7-16(8-6-15)21(23)24/h4-9,13H,10-12H2,1H3,(H,19,22). The van der Waals surface area contributed by atoms with Crippen LogP contribution in [-0.2, 0) is 11.2 Å². The van der Waals surface area contributed by atoms with Gasteiger partial charge in [-0.2, -0.15) is 0 Å². The molecule has 1 aromatic carbocycles. The highest BCUT2D eigenvalue weighted by Gasteiger charge is 2.06. The first kappa shape index (κ1) is 17.9. The minimum atomic E-state index is -0.478. The molecule has 2 aromatic rings. The Labute approximate surface area is 145 Å². The van der Waals surface area contributed by atoms with Crippen LogP contribution in [0.15, 0.2) is 42.6 Å². The van der Waals surface area contributed by atoms with E-state index < -0.39 is 4.92 Å². The third-order valence-electron chi connectivity index (χ3n) is 3.21. The van der Waals surface area contributed by atoms with E-state index in [-0.39, 0.29) is 31.2 Å². The number of aromatic nitrogens is 1. The number of nitro groups is 1. The summed E-state index contributed by atoms with van der Waals surface area (Å²) in [5.74, 6) is 6.03. The number of nitrogens with zero attached hydrogens (tertiary/aromatic N) is 2. The normalized spacial score (nSPS) is 9.64. The van der Waals surface area contributed by atoms with Gasteiger partial charge in [0.25, 0.3) is 5.69 Å². The molecule has 0 aliphatic rings. The van der Waals surface area contributed by atoms with E-state index in [2.05, 4.69) is 22.1 Å². The number of hydrogen-bond donors (Lipinski definition) is 1. The van der Waals surface area contributed by atoms with E-state index >= 15 is 0 Å². The predicted molar refractivity (Wildman–Crippen MR) is 92.1 cm³/mol. The summed E-state index contributed by atoms with van der Waals surface area (Å²) in [5.41, 5.74) is 1.61. The Morgan fingerprint density at radius 1 is 1.24 bits per heavy atom. The van der Waals surface area contributed by atoms with Crippen molar-refractivity contribution in [2.24, 2.45) is 0 Å². The summed E-state index contributed by atoms with van der Waals surface area (Å²) in [6.07, 6.45) is 1.77. The van der Waals surface area contributed by atoms with Crippen LogP contribution >= 0.6 is 0 Å². The SMILES string of the molecule is Cc1ccc(OCC#CCNC(=O)Cc2ccc([N+](=O)[O-])cc2)cn1. The van der Waals surface area contributed by atoms with Crippen molar-refractivity contribution in [3.8, 4) is 17.6 Å². The van der Waals surface area contributed by atoms with E-state index in [9.17, 15) is 14.9 Å². The van der Waals surface area contributed by atoms with Gasteiger partial charge in [-0.3, -0.25) is 19.9 Å². The fourth-order valence-corrected chi connectivity index (χ4v) is 1.90. The summed E-state index contributed by atoms with van der Waals surface area (Å²) in [5, 5.41) is 13.2. The van der Waals surface area contributed by atoms with E-state index in [1.807, 2.05) is 19.1 Å². The molecule has 0 saturated carbocycles. The highest BCUT2D eigenvalue weighted by Crippen LogP contribution is 2.12. The van der Waals surface area contributed by atoms with E-state index in [1.54, 1.807) is 18.3 Å². The third-order valence-corrected chi connectivity index (χ3v) is 3.21. The first-order valence-corrected chi connectivity index (χ1v) is 7.56. The number of non-ortho nitro benzene ring substituents is 1. The summed E-state index contributed by atoms with van der Waals surface area (Å²) in [4.78, 5) is 26.0. The molecular formula is C18H17N3O4. The van der Waals surface area contributed by atoms with Crippen molar-refractivity contribution in [2.45, 2.75) is 13.3 Å². The maximum atomic E-state index is 11.8. The largest absolute Gasteiger partial charge is 0.479 e. The maximum Gasteiger partial charge on any atom is 0.269 e. The van der Waals surface area contributed by atoms with Crippen molar-refractivity contribution in [3.63, 3.8) is 0 Å². The number of nitrogens with one attached hydrogen (secondary N) is 1. The number of aryl methyl sites for hydroxylation is 1. The Kier molecular flexibility index (Phi) is 6.48. The van der Waals surface area contributed by atoms with E-state index in [1.165, 1.54) is 12.1 Å². The summed E-state index contributed by atoms with van der Waals surface area (Å²) >= 11 is 0. The predicted octanol–water partition coefficient (Wildman–Crippen LogP) is 2.04. The van der Waals surface area contributed by atoms with Gasteiger partial charge in [0.15, 0.2) is 0 Å². The van der Waals surface area contributed by atoms with E-state index in [4.69, 9.17) is 4.74 Å². The summed E-state index contributed by atoms with van der Waals surface area (Å²) in [7, 11) is 0. The van der Waals surface area contributed by atoms with Crippen molar-refractivity contribution in [3.05, 3.63) is 64.0 Å². The fraction of sp³-hybridized carbons (Fsp3) is 0.222. The molecule has 0 atom stereocenters. The Morgan fingerprint density at radius 3 is 2.64 bits per heavy atom. The van der Waals surface area contributed by atoms with Gasteiger partial charge in [0.05, 0.1) is 24.1 Å². The average Bonchev–Trinajstić information content (AvgIpc) is 2.60. The Hall–Kier alpha value is -3.40. The van der Waals surface area contributed by atoms with Crippen LogP contribution in [0, 0.1) is 28.9 Å². The Morgan fingerprint density at radius 2 is 2.00 bits per heavy atom. The summed E-state index contributed by atoms with van der Waals surface area (Å²) in [6.45, 7) is 2.31. The molecule has 2 rings (SSSR count). The second kappa shape index (κ2) is 9.03. The smallest absolute Gasteiger partial charge is 0.269 e. The lowest BCUT2D eigenvalue weighted by Crippen LogP contribution is -2.25. The van der Waals surface area contributed by atoms with Gasteiger partial charge in [-0.05, 0) is 24.6 Å². The number of ether oxygens (including phenoxy) is 1. The topological polar surface area (TPSA) is 94.4 Å². The average molecular weight is 339 g/mol. The van der Waals surface area contributed by atoms with Gasteiger partial charge in [-0.15, -0.1) is 0 Å². The molecule has 0 fully saturated rings. The molecule has 1 heterocycles. The molecule has 0 radical (unpaired) electrons. The van der Waals surface area contributed by atoms with Crippen LogP contribution in [0.5, 0.6) is 5.75 Å². The molecule has 0 spiro atoms. The van der Waals surface area contributed by atoms with Crippen molar-refractivity contribution in [2.75, 3.05) is 13.2 Å². The van der Waals surface area contributed by atoms with Gasteiger partial charge < -0.3 is 10.1 Å². The van der Waals surface area contributed by atoms with Crippen molar-refractivity contribution < 1.29 is 14.5 Å². The summed E-state index contributed by atoms with van der Waals surface area (Å²) in [6, 6.07) is 9.54. The number of nitro benzene ring substituents is 1. The molecule has 128 valence electrons. The highest BCUT2D eigenvalue weighted by atomic mass is 16.6. The number of hydrogen-bond acceptors (Lipinski definition) is 5. The Balaban J connectivity index is 1.68. The van der Waals surface area contributed by atoms with E-state index in [0.717, 1.165) is 5.69 Å². The van der Waals surface area contributed by atoms with Crippen LogP contribution in [0.1, 0.15) is 11.3 Å². The number of benzene rings is 1. The minimum absolute atomic E-state index is 0.00111. The summed E-state index contributed by atoms with van der Waals surface area (Å²) < 4.78 is 5.39. The van der Waals surface area contributed by atoms with Gasteiger partial charge in [0.1, 0.15) is 12.4 Å². The highest BCUT2D eigenvalue weighted by molar-refractivity contribution is 5.78. The first-order valence-electron chi connectivity index (χ1n) is 7.56. The van der Waals surface area contributed by atoms with Gasteiger partial charge in [-0.25, -0.2) is 0 Å². The number of carbonyl (C=O) groups is 1. The van der Waals surface area contributed by atoms with Crippen LogP contribution in [0.2, 0.25) is 0 Å². The lowest BCUT2D eigenvalue weighted by molar-refractivity contribution is -0.384. The number of pyridine rings is 1. The molecule has 1 aromatic heterocycles. The Bertz CT molecular complexity index is 790. The fourth-order valence-electron chi connectivity index (χ4n) is 1.90. The second-order valence-electron chi connectivity index (χ2n) is 5.15. The molecule has 25 heavy (non-hydrogen) atoms. The van der Waals surface area contributed by atoms with Gasteiger partial charge in [-0.1, -0.05) is 24.0 Å². The number of amides is 1. The molecule has 1 N–H and O–H groups in total. The molecule has 0 aliphatic heterocycles. The molecule has 1 amide bonds. The molecule has 0 saturated heterocycles. The van der Waals surface area contributed by atoms with Gasteiger partial charge >= 0.3 is 0 Å². The van der Waals surface area contributed by atoms with Gasteiger partial charge in [0, 0.05) is 17.8 Å².